The quantitative estimate of drug-likeness (QED) is 0.792. The summed E-state index contributed by atoms with van der Waals surface area (Å²) in [5.41, 5.74) is 0.409. The number of halogens is 1. The van der Waals surface area contributed by atoms with E-state index in [-0.39, 0.29) is 5.78 Å². The second-order valence-electron chi connectivity index (χ2n) is 3.11. The number of aromatic nitrogens is 2. The third kappa shape index (κ3) is 1.72. The fraction of sp³-hybridized carbons (Fsp3) is 0.200. The van der Waals surface area contributed by atoms with E-state index in [1.807, 2.05) is 0 Å². The lowest BCUT2D eigenvalue weighted by atomic mass is 10.2. The molecule has 84 valence electrons. The second kappa shape index (κ2) is 4.27. The van der Waals surface area contributed by atoms with Gasteiger partial charge in [0.05, 0.1) is 23.2 Å². The van der Waals surface area contributed by atoms with Crippen LogP contribution in [-0.4, -0.2) is 22.7 Å². The summed E-state index contributed by atoms with van der Waals surface area (Å²) in [4.78, 5) is 12.7. The molecule has 0 N–H and O–H groups in total. The van der Waals surface area contributed by atoms with Gasteiger partial charge in [-0.2, -0.15) is 5.10 Å². The Morgan fingerprint density at radius 1 is 1.62 bits per heavy atom. The number of carbonyl (C=O) groups excluding carboxylic acids is 1. The number of thiophene rings is 1. The highest BCUT2D eigenvalue weighted by Crippen LogP contribution is 2.28. The Labute approximate surface area is 101 Å². The highest BCUT2D eigenvalue weighted by molar-refractivity contribution is 7.13. The topological polar surface area (TPSA) is 44.1 Å². The first-order valence-electron chi connectivity index (χ1n) is 4.49. The molecule has 0 radical (unpaired) electrons. The van der Waals surface area contributed by atoms with Crippen LogP contribution in [0.2, 0.25) is 5.02 Å². The molecule has 0 aliphatic rings. The van der Waals surface area contributed by atoms with Crippen LogP contribution >= 0.6 is 22.9 Å². The zero-order valence-electron chi connectivity index (χ0n) is 8.73. The second-order valence-corrected chi connectivity index (χ2v) is 4.44. The normalized spacial score (nSPS) is 10.4. The molecule has 2 aromatic rings. The molecule has 0 fully saturated rings. The van der Waals surface area contributed by atoms with Gasteiger partial charge >= 0.3 is 0 Å². The summed E-state index contributed by atoms with van der Waals surface area (Å²) in [6.07, 6.45) is 1.51. The van der Waals surface area contributed by atoms with Gasteiger partial charge in [0.1, 0.15) is 0 Å². The van der Waals surface area contributed by atoms with Gasteiger partial charge in [-0.25, -0.2) is 0 Å². The third-order valence-corrected chi connectivity index (χ3v) is 3.50. The molecule has 16 heavy (non-hydrogen) atoms. The molecular formula is C10H9ClN2O2S. The fourth-order valence-electron chi connectivity index (χ4n) is 1.39. The number of carbonyl (C=O) groups is 1. The summed E-state index contributed by atoms with van der Waals surface area (Å²) in [6, 6.07) is 1.70. The lowest BCUT2D eigenvalue weighted by Gasteiger charge is -2.02. The van der Waals surface area contributed by atoms with Gasteiger partial charge in [-0.05, 0) is 11.4 Å². The van der Waals surface area contributed by atoms with Crippen molar-refractivity contribution < 1.29 is 9.53 Å². The number of ketones is 1. The van der Waals surface area contributed by atoms with E-state index in [0.29, 0.717) is 21.3 Å². The largest absolute Gasteiger partial charge is 0.493 e. The van der Waals surface area contributed by atoms with Crippen molar-refractivity contribution in [2.75, 3.05) is 7.11 Å². The molecule has 0 atom stereocenters. The maximum atomic E-state index is 12.2. The van der Waals surface area contributed by atoms with E-state index in [4.69, 9.17) is 16.3 Å². The highest BCUT2D eigenvalue weighted by atomic mass is 35.5. The van der Waals surface area contributed by atoms with E-state index in [1.54, 1.807) is 18.5 Å². The molecule has 6 heteroatoms. The van der Waals surface area contributed by atoms with Gasteiger partial charge in [0.15, 0.2) is 11.4 Å². The first-order valence-corrected chi connectivity index (χ1v) is 5.74. The van der Waals surface area contributed by atoms with Crippen molar-refractivity contribution in [2.45, 2.75) is 0 Å². The Morgan fingerprint density at radius 2 is 2.38 bits per heavy atom. The highest BCUT2D eigenvalue weighted by Gasteiger charge is 2.22. The lowest BCUT2D eigenvalue weighted by molar-refractivity contribution is 0.103. The number of methoxy groups -OCH3 is 1. The van der Waals surface area contributed by atoms with Crippen molar-refractivity contribution in [3.05, 3.63) is 33.2 Å². The van der Waals surface area contributed by atoms with Crippen LogP contribution in [0.3, 0.4) is 0 Å². The Balaban J connectivity index is 2.49. The smallest absolute Gasteiger partial charge is 0.226 e. The molecule has 0 saturated carbocycles. The predicted molar refractivity (Wildman–Crippen MR) is 62.5 cm³/mol. The minimum absolute atomic E-state index is 0.170. The van der Waals surface area contributed by atoms with E-state index < -0.39 is 0 Å². The van der Waals surface area contributed by atoms with Gasteiger partial charge in [-0.1, -0.05) is 11.6 Å². The average molecular weight is 257 g/mol. The van der Waals surface area contributed by atoms with E-state index in [9.17, 15) is 4.79 Å². The van der Waals surface area contributed by atoms with E-state index in [0.717, 1.165) is 0 Å². The van der Waals surface area contributed by atoms with Crippen molar-refractivity contribution in [1.82, 2.24) is 9.78 Å². The SMILES string of the molecule is COc1cnn(C)c1C(=O)c1sccc1Cl. The van der Waals surface area contributed by atoms with Crippen LogP contribution in [0.4, 0.5) is 0 Å². The van der Waals surface area contributed by atoms with E-state index in [1.165, 1.54) is 29.3 Å². The van der Waals surface area contributed by atoms with Crippen molar-refractivity contribution in [3.63, 3.8) is 0 Å². The maximum absolute atomic E-state index is 12.2. The standard InChI is InChI=1S/C10H9ClN2O2S/c1-13-8(7(15-2)5-12-13)9(14)10-6(11)3-4-16-10/h3-5H,1-2H3. The van der Waals surface area contributed by atoms with Gasteiger partial charge in [0.2, 0.25) is 5.78 Å². The summed E-state index contributed by atoms with van der Waals surface area (Å²) < 4.78 is 6.57. The molecule has 0 unspecified atom stereocenters. The Kier molecular flexibility index (Phi) is 2.98. The molecule has 0 aliphatic heterocycles. The molecule has 2 rings (SSSR count). The fourth-order valence-corrected chi connectivity index (χ4v) is 2.47. The van der Waals surface area contributed by atoms with Crippen LogP contribution in [-0.2, 0) is 7.05 Å². The number of aryl methyl sites for hydroxylation is 1. The van der Waals surface area contributed by atoms with Crippen LogP contribution in [0.1, 0.15) is 15.4 Å². The van der Waals surface area contributed by atoms with Gasteiger partial charge in [0.25, 0.3) is 0 Å². The number of hydrogen-bond donors (Lipinski definition) is 0. The molecule has 4 nitrogen and oxygen atoms in total. The first kappa shape index (κ1) is 11.2. The minimum Gasteiger partial charge on any atom is -0.493 e. The van der Waals surface area contributed by atoms with Crippen LogP contribution in [0.15, 0.2) is 17.6 Å². The zero-order valence-corrected chi connectivity index (χ0v) is 10.3. The summed E-state index contributed by atoms with van der Waals surface area (Å²) in [5.74, 6) is 0.286. The van der Waals surface area contributed by atoms with Gasteiger partial charge in [-0.15, -0.1) is 11.3 Å². The predicted octanol–water partition coefficient (Wildman–Crippen LogP) is 2.37. The third-order valence-electron chi connectivity index (χ3n) is 2.16. The van der Waals surface area contributed by atoms with E-state index in [2.05, 4.69) is 5.10 Å². The zero-order chi connectivity index (χ0) is 11.7. The number of nitrogens with zero attached hydrogens (tertiary/aromatic N) is 2. The van der Waals surface area contributed by atoms with Crippen LogP contribution in [0.5, 0.6) is 5.75 Å². The number of hydrogen-bond acceptors (Lipinski definition) is 4. The van der Waals surface area contributed by atoms with Crippen molar-refractivity contribution in [1.29, 1.82) is 0 Å². The van der Waals surface area contributed by atoms with Crippen LogP contribution in [0.25, 0.3) is 0 Å². The van der Waals surface area contributed by atoms with Crippen LogP contribution < -0.4 is 4.74 Å². The molecule has 2 aromatic heterocycles. The van der Waals surface area contributed by atoms with Crippen molar-refractivity contribution in [2.24, 2.45) is 7.05 Å². The number of ether oxygens (including phenoxy) is 1. The average Bonchev–Trinajstić information content (AvgIpc) is 2.83. The summed E-state index contributed by atoms with van der Waals surface area (Å²) >= 11 is 7.22. The van der Waals surface area contributed by atoms with Crippen molar-refractivity contribution >= 4 is 28.7 Å². The molecule has 0 aromatic carbocycles. The lowest BCUT2D eigenvalue weighted by Crippen LogP contribution is -2.08. The Hall–Kier alpha value is -1.33. The first-order chi connectivity index (χ1) is 7.65. The molecule has 0 saturated heterocycles. The maximum Gasteiger partial charge on any atom is 0.226 e. The van der Waals surface area contributed by atoms with Crippen molar-refractivity contribution in [3.8, 4) is 5.75 Å². The van der Waals surface area contributed by atoms with E-state index >= 15 is 0 Å². The Bertz CT molecular complexity index is 533. The number of rotatable bonds is 3. The molecule has 0 bridgehead atoms. The molecule has 0 aliphatic carbocycles. The summed E-state index contributed by atoms with van der Waals surface area (Å²) in [6.45, 7) is 0. The monoisotopic (exact) mass is 256 g/mol. The Morgan fingerprint density at radius 3 is 2.94 bits per heavy atom. The van der Waals surface area contributed by atoms with Crippen LogP contribution in [0, 0.1) is 0 Å². The summed E-state index contributed by atoms with van der Waals surface area (Å²) in [7, 11) is 3.20. The van der Waals surface area contributed by atoms with Gasteiger partial charge in [0, 0.05) is 7.05 Å². The van der Waals surface area contributed by atoms with Gasteiger partial charge < -0.3 is 4.74 Å². The molecule has 2 heterocycles. The molecule has 0 amide bonds. The molecular weight excluding hydrogens is 248 g/mol. The summed E-state index contributed by atoms with van der Waals surface area (Å²) in [5, 5.41) is 6.21. The molecule has 0 spiro atoms. The minimum atomic E-state index is -0.170. The van der Waals surface area contributed by atoms with Gasteiger partial charge in [-0.3, -0.25) is 9.48 Å².